The van der Waals surface area contributed by atoms with E-state index in [2.05, 4.69) is 5.10 Å². The third-order valence-corrected chi connectivity index (χ3v) is 2.52. The minimum Gasteiger partial charge on any atom is -0.478 e. The topological polar surface area (TPSA) is 53.1 Å². The molecule has 0 aromatic carbocycles. The molecule has 0 atom stereocenters. The summed E-state index contributed by atoms with van der Waals surface area (Å²) in [5.74, 6) is 1.48. The fraction of sp³-hybridized carbons (Fsp3) is 0.667. The van der Waals surface area contributed by atoms with Gasteiger partial charge in [0.2, 0.25) is 5.88 Å². The summed E-state index contributed by atoms with van der Waals surface area (Å²) >= 11 is 0. The van der Waals surface area contributed by atoms with Crippen molar-refractivity contribution >= 4 is 0 Å². The van der Waals surface area contributed by atoms with E-state index in [1.165, 1.54) is 0 Å². The van der Waals surface area contributed by atoms with Crippen LogP contribution in [0, 0.1) is 5.92 Å². The molecule has 4 nitrogen and oxygen atoms in total. The molecule has 1 fully saturated rings. The maximum atomic E-state index is 5.67. The lowest BCUT2D eigenvalue weighted by Crippen LogP contribution is -2.39. The monoisotopic (exact) mass is 181 g/mol. The molecule has 1 aliphatic carbocycles. The van der Waals surface area contributed by atoms with Gasteiger partial charge in [0, 0.05) is 19.2 Å². The molecule has 0 bridgehead atoms. The summed E-state index contributed by atoms with van der Waals surface area (Å²) in [6, 6.07) is 2.28. The summed E-state index contributed by atoms with van der Waals surface area (Å²) in [6.07, 6.45) is 3.93. The minimum absolute atomic E-state index is 0.403. The smallest absolute Gasteiger partial charge is 0.211 e. The number of hydrogen-bond acceptors (Lipinski definition) is 3. The summed E-state index contributed by atoms with van der Waals surface area (Å²) in [4.78, 5) is 0. The molecule has 0 spiro atoms. The summed E-state index contributed by atoms with van der Waals surface area (Å²) < 4.78 is 7.31. The van der Waals surface area contributed by atoms with Crippen LogP contribution in [0.2, 0.25) is 0 Å². The number of nitrogens with two attached hydrogens (primary N) is 1. The van der Waals surface area contributed by atoms with Crippen LogP contribution >= 0.6 is 0 Å². The molecule has 0 radical (unpaired) electrons. The second-order valence-electron chi connectivity index (χ2n) is 3.70. The second-order valence-corrected chi connectivity index (χ2v) is 3.70. The van der Waals surface area contributed by atoms with E-state index in [4.69, 9.17) is 10.5 Å². The number of ether oxygens (including phenoxy) is 1. The van der Waals surface area contributed by atoms with Gasteiger partial charge in [0.1, 0.15) is 0 Å². The van der Waals surface area contributed by atoms with E-state index in [1.807, 2.05) is 13.1 Å². The Morgan fingerprint density at radius 3 is 3.00 bits per heavy atom. The molecule has 0 saturated heterocycles. The molecule has 72 valence electrons. The van der Waals surface area contributed by atoms with E-state index < -0.39 is 0 Å². The van der Waals surface area contributed by atoms with Gasteiger partial charge in [-0.15, -0.1) is 0 Å². The average molecular weight is 181 g/mol. The van der Waals surface area contributed by atoms with Gasteiger partial charge in [0.15, 0.2) is 0 Å². The molecular weight excluding hydrogens is 166 g/mol. The molecule has 1 saturated carbocycles. The Bertz CT molecular complexity index is 278. The number of hydrogen-bond donors (Lipinski definition) is 1. The van der Waals surface area contributed by atoms with Crippen molar-refractivity contribution in [2.75, 3.05) is 6.61 Å². The van der Waals surface area contributed by atoms with Gasteiger partial charge in [-0.05, 0) is 18.8 Å². The van der Waals surface area contributed by atoms with Crippen molar-refractivity contribution in [3.63, 3.8) is 0 Å². The fourth-order valence-corrected chi connectivity index (χ4v) is 1.63. The zero-order chi connectivity index (χ0) is 9.26. The molecule has 2 N–H and O–H groups in total. The van der Waals surface area contributed by atoms with Gasteiger partial charge in [-0.2, -0.15) is 5.10 Å². The SMILES string of the molecule is Cn1nccc1OCC1CC(N)C1. The number of rotatable bonds is 3. The highest BCUT2D eigenvalue weighted by Gasteiger charge is 2.26. The Morgan fingerprint density at radius 1 is 1.69 bits per heavy atom. The minimum atomic E-state index is 0.403. The Balaban J connectivity index is 1.77. The summed E-state index contributed by atoms with van der Waals surface area (Å²) in [6.45, 7) is 0.771. The standard InChI is InChI=1S/C9H15N3O/c1-12-9(2-3-11-12)13-6-7-4-8(10)5-7/h2-3,7-8H,4-6,10H2,1H3. The first-order valence-corrected chi connectivity index (χ1v) is 4.62. The Kier molecular flexibility index (Phi) is 2.22. The van der Waals surface area contributed by atoms with Crippen molar-refractivity contribution in [3.05, 3.63) is 12.3 Å². The van der Waals surface area contributed by atoms with Crippen LogP contribution in [-0.2, 0) is 7.05 Å². The van der Waals surface area contributed by atoms with Crippen LogP contribution in [0.3, 0.4) is 0 Å². The van der Waals surface area contributed by atoms with E-state index in [1.54, 1.807) is 10.9 Å². The van der Waals surface area contributed by atoms with Crippen LogP contribution < -0.4 is 10.5 Å². The predicted molar refractivity (Wildman–Crippen MR) is 49.4 cm³/mol. The van der Waals surface area contributed by atoms with Crippen LogP contribution in [0.5, 0.6) is 5.88 Å². The van der Waals surface area contributed by atoms with E-state index >= 15 is 0 Å². The van der Waals surface area contributed by atoms with Crippen LogP contribution in [-0.4, -0.2) is 22.4 Å². The van der Waals surface area contributed by atoms with E-state index in [0.717, 1.165) is 25.3 Å². The zero-order valence-electron chi connectivity index (χ0n) is 7.81. The molecule has 4 heteroatoms. The number of aromatic nitrogens is 2. The third kappa shape index (κ3) is 1.83. The van der Waals surface area contributed by atoms with Crippen LogP contribution in [0.25, 0.3) is 0 Å². The first kappa shape index (κ1) is 8.56. The van der Waals surface area contributed by atoms with Gasteiger partial charge in [0.05, 0.1) is 12.8 Å². The molecule has 2 rings (SSSR count). The molecule has 1 aliphatic rings. The highest BCUT2D eigenvalue weighted by molar-refractivity contribution is 5.06. The Hall–Kier alpha value is -1.03. The van der Waals surface area contributed by atoms with Gasteiger partial charge in [0.25, 0.3) is 0 Å². The van der Waals surface area contributed by atoms with Gasteiger partial charge in [-0.3, -0.25) is 0 Å². The lowest BCUT2D eigenvalue weighted by atomic mass is 9.82. The maximum Gasteiger partial charge on any atom is 0.211 e. The van der Waals surface area contributed by atoms with Crippen LogP contribution in [0.4, 0.5) is 0 Å². The number of nitrogens with zero attached hydrogens (tertiary/aromatic N) is 2. The maximum absolute atomic E-state index is 5.67. The van der Waals surface area contributed by atoms with Crippen molar-refractivity contribution in [1.82, 2.24) is 9.78 Å². The average Bonchev–Trinajstić information content (AvgIpc) is 2.43. The third-order valence-electron chi connectivity index (χ3n) is 2.52. The van der Waals surface area contributed by atoms with Crippen LogP contribution in [0.15, 0.2) is 12.3 Å². The molecule has 0 amide bonds. The van der Waals surface area contributed by atoms with Gasteiger partial charge >= 0.3 is 0 Å². The van der Waals surface area contributed by atoms with Gasteiger partial charge in [-0.1, -0.05) is 0 Å². The Morgan fingerprint density at radius 2 is 2.46 bits per heavy atom. The summed E-state index contributed by atoms with van der Waals surface area (Å²) in [5.41, 5.74) is 5.67. The molecule has 13 heavy (non-hydrogen) atoms. The van der Waals surface area contributed by atoms with Crippen molar-refractivity contribution in [2.45, 2.75) is 18.9 Å². The molecule has 1 aromatic rings. The van der Waals surface area contributed by atoms with E-state index in [0.29, 0.717) is 12.0 Å². The Labute approximate surface area is 77.7 Å². The van der Waals surface area contributed by atoms with Gasteiger partial charge < -0.3 is 10.5 Å². The van der Waals surface area contributed by atoms with Crippen molar-refractivity contribution in [3.8, 4) is 5.88 Å². The van der Waals surface area contributed by atoms with Crippen molar-refractivity contribution in [1.29, 1.82) is 0 Å². The van der Waals surface area contributed by atoms with E-state index in [9.17, 15) is 0 Å². The second kappa shape index (κ2) is 3.38. The molecule has 1 heterocycles. The number of aryl methyl sites for hydroxylation is 1. The van der Waals surface area contributed by atoms with Crippen LogP contribution in [0.1, 0.15) is 12.8 Å². The fourth-order valence-electron chi connectivity index (χ4n) is 1.63. The predicted octanol–water partition coefficient (Wildman–Crippen LogP) is 0.536. The lowest BCUT2D eigenvalue weighted by molar-refractivity contribution is 0.151. The largest absolute Gasteiger partial charge is 0.478 e. The van der Waals surface area contributed by atoms with Crippen molar-refractivity contribution in [2.24, 2.45) is 18.7 Å². The normalized spacial score (nSPS) is 26.9. The zero-order valence-corrected chi connectivity index (χ0v) is 7.81. The molecular formula is C9H15N3O. The lowest BCUT2D eigenvalue weighted by Gasteiger charge is -2.31. The highest BCUT2D eigenvalue weighted by Crippen LogP contribution is 2.26. The van der Waals surface area contributed by atoms with Gasteiger partial charge in [-0.25, -0.2) is 4.68 Å². The molecule has 0 aliphatic heterocycles. The highest BCUT2D eigenvalue weighted by atomic mass is 16.5. The van der Waals surface area contributed by atoms with E-state index in [-0.39, 0.29) is 0 Å². The molecule has 1 aromatic heterocycles. The van der Waals surface area contributed by atoms with Crippen molar-refractivity contribution < 1.29 is 4.74 Å². The first-order chi connectivity index (χ1) is 6.25. The summed E-state index contributed by atoms with van der Waals surface area (Å²) in [5, 5.41) is 4.02. The quantitative estimate of drug-likeness (QED) is 0.740. The summed E-state index contributed by atoms with van der Waals surface area (Å²) in [7, 11) is 1.88. The first-order valence-electron chi connectivity index (χ1n) is 4.62. The molecule has 0 unspecified atom stereocenters.